The minimum Gasteiger partial charge on any atom is -0.398 e. The first kappa shape index (κ1) is 14.4. The van der Waals surface area contributed by atoms with Gasteiger partial charge in [-0.3, -0.25) is 4.98 Å². The Balaban J connectivity index is 2.28. The third-order valence-corrected chi connectivity index (χ3v) is 3.89. The van der Waals surface area contributed by atoms with Crippen LogP contribution in [0.4, 0.5) is 4.39 Å². The molecule has 1 aromatic rings. The van der Waals surface area contributed by atoms with Crippen LogP contribution in [-0.2, 0) is 9.31 Å². The lowest BCUT2D eigenvalue weighted by Crippen LogP contribution is -2.41. The molecule has 0 radical (unpaired) electrons. The van der Waals surface area contributed by atoms with Crippen molar-refractivity contribution in [3.63, 3.8) is 0 Å². The van der Waals surface area contributed by atoms with Gasteiger partial charge in [0.05, 0.1) is 16.8 Å². The van der Waals surface area contributed by atoms with E-state index in [1.807, 2.05) is 27.7 Å². The van der Waals surface area contributed by atoms with E-state index in [0.29, 0.717) is 11.2 Å². The molecule has 2 rings (SSSR count). The zero-order valence-electron chi connectivity index (χ0n) is 12.0. The predicted octanol–water partition coefficient (Wildman–Crippen LogP) is 1.54. The Hall–Kier alpha value is -0.975. The van der Waals surface area contributed by atoms with Gasteiger partial charge in [-0.2, -0.15) is 0 Å². The first-order valence-corrected chi connectivity index (χ1v) is 6.40. The van der Waals surface area contributed by atoms with Crippen LogP contribution in [0.5, 0.6) is 0 Å². The van der Waals surface area contributed by atoms with Crippen LogP contribution in [0.3, 0.4) is 0 Å². The van der Waals surface area contributed by atoms with Crippen molar-refractivity contribution in [1.29, 1.82) is 0 Å². The highest BCUT2D eigenvalue weighted by Gasteiger charge is 2.52. The number of nitrogens with two attached hydrogens (primary N) is 1. The highest BCUT2D eigenvalue weighted by molar-refractivity contribution is 6.61. The van der Waals surface area contributed by atoms with E-state index in [9.17, 15) is 4.39 Å². The molecule has 0 aliphatic carbocycles. The molecule has 1 aliphatic heterocycles. The summed E-state index contributed by atoms with van der Waals surface area (Å²) in [6.45, 7) is 9.49. The van der Waals surface area contributed by atoms with E-state index in [-0.39, 0.29) is 11.9 Å². The molecule has 0 amide bonds. The van der Waals surface area contributed by atoms with Gasteiger partial charge in [0.1, 0.15) is 5.82 Å². The van der Waals surface area contributed by atoms with Crippen molar-refractivity contribution in [1.82, 2.24) is 4.98 Å². The van der Waals surface area contributed by atoms with Gasteiger partial charge in [0.15, 0.2) is 0 Å². The molecule has 6 heteroatoms. The molecule has 2 heterocycles. The first-order valence-electron chi connectivity index (χ1n) is 6.40. The topological polar surface area (TPSA) is 57.4 Å². The van der Waals surface area contributed by atoms with E-state index in [1.54, 1.807) is 6.92 Å². The maximum absolute atomic E-state index is 13.9. The number of halogens is 1. The molecule has 1 fully saturated rings. The van der Waals surface area contributed by atoms with Crippen LogP contribution in [0.1, 0.15) is 46.2 Å². The lowest BCUT2D eigenvalue weighted by Gasteiger charge is -2.32. The molecular weight excluding hydrogens is 246 g/mol. The fourth-order valence-corrected chi connectivity index (χ4v) is 1.88. The van der Waals surface area contributed by atoms with Crippen molar-refractivity contribution < 1.29 is 13.7 Å². The van der Waals surface area contributed by atoms with E-state index in [0.717, 1.165) is 0 Å². The predicted molar refractivity (Wildman–Crippen MR) is 72.5 cm³/mol. The largest absolute Gasteiger partial charge is 0.514 e. The molecule has 0 aromatic carbocycles. The van der Waals surface area contributed by atoms with Gasteiger partial charge in [-0.15, -0.1) is 0 Å². The third kappa shape index (κ3) is 2.52. The first-order chi connectivity index (χ1) is 8.64. The van der Waals surface area contributed by atoms with E-state index in [1.165, 1.54) is 12.3 Å². The molecule has 4 nitrogen and oxygen atoms in total. The second kappa shape index (κ2) is 4.54. The van der Waals surface area contributed by atoms with E-state index in [2.05, 4.69) is 4.98 Å². The quantitative estimate of drug-likeness (QED) is 0.825. The van der Waals surface area contributed by atoms with Crippen molar-refractivity contribution >= 4 is 12.7 Å². The van der Waals surface area contributed by atoms with Gasteiger partial charge in [-0.25, -0.2) is 4.39 Å². The Labute approximate surface area is 113 Å². The molecule has 1 atom stereocenters. The van der Waals surface area contributed by atoms with Gasteiger partial charge in [0.2, 0.25) is 0 Å². The molecule has 1 aromatic heterocycles. The van der Waals surface area contributed by atoms with Crippen molar-refractivity contribution in [2.75, 3.05) is 0 Å². The number of hydrogen-bond acceptors (Lipinski definition) is 4. The van der Waals surface area contributed by atoms with Gasteiger partial charge in [-0.05, 0) is 40.7 Å². The maximum Gasteiger partial charge on any atom is 0.514 e. The molecule has 0 saturated carbocycles. The van der Waals surface area contributed by atoms with Crippen molar-refractivity contribution in [2.45, 2.75) is 51.9 Å². The van der Waals surface area contributed by atoms with Crippen molar-refractivity contribution in [3.8, 4) is 0 Å². The summed E-state index contributed by atoms with van der Waals surface area (Å²) in [6, 6.07) is 0.945. The minimum absolute atomic E-state index is 0.380. The summed E-state index contributed by atoms with van der Waals surface area (Å²) in [6.07, 6.45) is 1.44. The number of nitrogens with zero attached hydrogens (tertiary/aromatic N) is 1. The van der Waals surface area contributed by atoms with Gasteiger partial charge in [-0.1, -0.05) is 0 Å². The standard InChI is InChI=1S/C13H20BFN2O2/c1-8(16)9-7-17-11(6-10(9)15)14-18-12(2,3)13(4,5)19-14/h6-8H,16H2,1-5H3. The molecular formula is C13H20BFN2O2. The number of aromatic nitrogens is 1. The van der Waals surface area contributed by atoms with Crippen molar-refractivity contribution in [3.05, 3.63) is 23.6 Å². The molecule has 1 saturated heterocycles. The van der Waals surface area contributed by atoms with Gasteiger partial charge in [0, 0.05) is 17.8 Å². The van der Waals surface area contributed by atoms with E-state index < -0.39 is 18.3 Å². The van der Waals surface area contributed by atoms with Crippen LogP contribution >= 0.6 is 0 Å². The number of hydrogen-bond donors (Lipinski definition) is 1. The Morgan fingerprint density at radius 2 is 1.79 bits per heavy atom. The Morgan fingerprint density at radius 3 is 2.21 bits per heavy atom. The zero-order valence-corrected chi connectivity index (χ0v) is 12.0. The molecule has 2 N–H and O–H groups in total. The Morgan fingerprint density at radius 1 is 1.26 bits per heavy atom. The van der Waals surface area contributed by atoms with Gasteiger partial charge >= 0.3 is 7.12 Å². The maximum atomic E-state index is 13.9. The lowest BCUT2D eigenvalue weighted by molar-refractivity contribution is 0.00578. The van der Waals surface area contributed by atoms with Crippen LogP contribution < -0.4 is 11.3 Å². The second-order valence-corrected chi connectivity index (χ2v) is 6.01. The van der Waals surface area contributed by atoms with Crippen LogP contribution in [0.25, 0.3) is 0 Å². The summed E-state index contributed by atoms with van der Waals surface area (Å²) < 4.78 is 25.6. The molecule has 19 heavy (non-hydrogen) atoms. The normalized spacial score (nSPS) is 22.6. The molecule has 104 valence electrons. The Kier molecular flexibility index (Phi) is 3.45. The van der Waals surface area contributed by atoms with Gasteiger partial charge < -0.3 is 15.0 Å². The summed E-state index contributed by atoms with van der Waals surface area (Å²) in [4.78, 5) is 4.20. The smallest absolute Gasteiger partial charge is 0.398 e. The number of rotatable bonds is 2. The highest BCUT2D eigenvalue weighted by atomic mass is 19.1. The number of pyridine rings is 1. The molecule has 1 unspecified atom stereocenters. The average Bonchev–Trinajstić information content (AvgIpc) is 2.47. The second-order valence-electron chi connectivity index (χ2n) is 6.01. The average molecular weight is 266 g/mol. The fraction of sp³-hybridized carbons (Fsp3) is 0.615. The highest BCUT2D eigenvalue weighted by Crippen LogP contribution is 2.36. The summed E-state index contributed by atoms with van der Waals surface area (Å²) in [5.41, 5.74) is 5.56. The van der Waals surface area contributed by atoms with E-state index in [4.69, 9.17) is 15.0 Å². The van der Waals surface area contributed by atoms with Gasteiger partial charge in [0.25, 0.3) is 0 Å². The van der Waals surface area contributed by atoms with Crippen LogP contribution in [0, 0.1) is 5.82 Å². The summed E-state index contributed by atoms with van der Waals surface area (Å²) in [7, 11) is -0.651. The molecule has 1 aliphatic rings. The molecule has 0 spiro atoms. The fourth-order valence-electron chi connectivity index (χ4n) is 1.88. The van der Waals surface area contributed by atoms with Crippen molar-refractivity contribution in [2.24, 2.45) is 5.73 Å². The van der Waals surface area contributed by atoms with Crippen LogP contribution in [-0.4, -0.2) is 23.3 Å². The van der Waals surface area contributed by atoms with E-state index >= 15 is 0 Å². The third-order valence-electron chi connectivity index (χ3n) is 3.89. The molecule has 0 bridgehead atoms. The summed E-state index contributed by atoms with van der Waals surface area (Å²) in [5.74, 6) is -0.380. The summed E-state index contributed by atoms with van der Waals surface area (Å²) >= 11 is 0. The lowest BCUT2D eigenvalue weighted by atomic mass is 9.83. The SMILES string of the molecule is CC(N)c1cnc(B2OC(C)(C)C(C)(C)O2)cc1F. The van der Waals surface area contributed by atoms with Crippen LogP contribution in [0.15, 0.2) is 12.3 Å². The monoisotopic (exact) mass is 266 g/mol. The zero-order chi connectivity index (χ0) is 14.4. The van der Waals surface area contributed by atoms with Crippen LogP contribution in [0.2, 0.25) is 0 Å². The summed E-state index contributed by atoms with van der Waals surface area (Å²) in [5, 5.41) is 0. The minimum atomic E-state index is -0.651. The Bertz CT molecular complexity index is 476.